The minimum absolute atomic E-state index is 0.102. The molecule has 1 aromatic rings. The fourth-order valence-electron chi connectivity index (χ4n) is 5.11. The molecular weight excluding hydrogens is 385 g/mol. The van der Waals surface area contributed by atoms with E-state index in [1.54, 1.807) is 12.1 Å². The summed E-state index contributed by atoms with van der Waals surface area (Å²) in [7, 11) is 0. The Morgan fingerprint density at radius 3 is 2.59 bits per heavy atom. The zero-order valence-electron chi connectivity index (χ0n) is 16.5. The Morgan fingerprint density at radius 2 is 2.03 bits per heavy atom. The molecule has 0 unspecified atom stereocenters. The van der Waals surface area contributed by atoms with E-state index in [4.69, 9.17) is 4.74 Å². The first-order chi connectivity index (χ1) is 13.6. The van der Waals surface area contributed by atoms with Gasteiger partial charge in [0.25, 0.3) is 0 Å². The van der Waals surface area contributed by atoms with Gasteiger partial charge in [0.2, 0.25) is 5.91 Å². The van der Waals surface area contributed by atoms with Gasteiger partial charge in [-0.2, -0.15) is 13.2 Å². The second kappa shape index (κ2) is 6.92. The van der Waals surface area contributed by atoms with Crippen LogP contribution in [0.5, 0.6) is 0 Å². The van der Waals surface area contributed by atoms with Crippen LogP contribution in [-0.2, 0) is 15.7 Å². The minimum Gasteiger partial charge on any atom is -0.447 e. The van der Waals surface area contributed by atoms with Gasteiger partial charge in [0.05, 0.1) is 11.1 Å². The van der Waals surface area contributed by atoms with E-state index in [1.807, 2.05) is 11.8 Å². The van der Waals surface area contributed by atoms with Gasteiger partial charge in [-0.3, -0.25) is 4.79 Å². The molecule has 5 nitrogen and oxygen atoms in total. The van der Waals surface area contributed by atoms with Gasteiger partial charge in [0.15, 0.2) is 0 Å². The fraction of sp³-hybridized carbons (Fsp3) is 0.619. The van der Waals surface area contributed by atoms with Gasteiger partial charge in [-0.1, -0.05) is 19.1 Å². The molecule has 0 aromatic heterocycles. The topological polar surface area (TPSA) is 58.6 Å². The summed E-state index contributed by atoms with van der Waals surface area (Å²) >= 11 is 0. The molecular formula is C21H25F3N2O3. The average Bonchev–Trinajstić information content (AvgIpc) is 3.01. The van der Waals surface area contributed by atoms with E-state index in [1.165, 1.54) is 13.0 Å². The minimum atomic E-state index is -4.34. The average molecular weight is 410 g/mol. The van der Waals surface area contributed by atoms with E-state index >= 15 is 0 Å². The quantitative estimate of drug-likeness (QED) is 0.806. The second-order valence-electron chi connectivity index (χ2n) is 8.82. The Hall–Kier alpha value is -2.25. The normalized spacial score (nSPS) is 32.0. The van der Waals surface area contributed by atoms with Gasteiger partial charge < -0.3 is 15.0 Å². The number of likely N-dealkylation sites (tertiary alicyclic amines) is 1. The van der Waals surface area contributed by atoms with Crippen molar-refractivity contribution in [2.75, 3.05) is 19.7 Å². The van der Waals surface area contributed by atoms with Crippen LogP contribution in [0.3, 0.4) is 0 Å². The number of piperidine rings is 1. The van der Waals surface area contributed by atoms with Crippen LogP contribution >= 0.6 is 0 Å². The predicted molar refractivity (Wildman–Crippen MR) is 99.2 cm³/mol. The van der Waals surface area contributed by atoms with Crippen LogP contribution in [0.15, 0.2) is 18.2 Å². The molecule has 1 saturated carbocycles. The number of nitrogens with zero attached hydrogens (tertiary/aromatic N) is 1. The Kier molecular flexibility index (Phi) is 4.78. The zero-order chi connectivity index (χ0) is 21.0. The molecule has 2 atom stereocenters. The molecule has 29 heavy (non-hydrogen) atoms. The summed E-state index contributed by atoms with van der Waals surface area (Å²) in [6.45, 7) is 5.05. The molecule has 1 N–H and O–H groups in total. The van der Waals surface area contributed by atoms with Crippen molar-refractivity contribution in [1.82, 2.24) is 10.2 Å². The monoisotopic (exact) mass is 410 g/mol. The molecule has 8 heteroatoms. The van der Waals surface area contributed by atoms with Crippen molar-refractivity contribution >= 4 is 12.0 Å². The lowest BCUT2D eigenvalue weighted by Gasteiger charge is -2.46. The number of alkyl halides is 3. The Labute approximate surface area is 167 Å². The van der Waals surface area contributed by atoms with E-state index in [0.29, 0.717) is 32.5 Å². The summed E-state index contributed by atoms with van der Waals surface area (Å²) in [4.78, 5) is 26.0. The van der Waals surface area contributed by atoms with Crippen molar-refractivity contribution in [2.24, 2.45) is 11.8 Å². The summed E-state index contributed by atoms with van der Waals surface area (Å²) < 4.78 is 44.0. The number of cyclic esters (lactones) is 1. The molecule has 3 aliphatic rings. The maximum absolute atomic E-state index is 13.0. The number of benzene rings is 1. The van der Waals surface area contributed by atoms with Crippen molar-refractivity contribution in [2.45, 2.75) is 50.7 Å². The molecule has 0 bridgehead atoms. The summed E-state index contributed by atoms with van der Waals surface area (Å²) in [5, 5.41) is 2.80. The molecule has 3 fully saturated rings. The fourth-order valence-corrected chi connectivity index (χ4v) is 5.11. The van der Waals surface area contributed by atoms with Gasteiger partial charge in [0, 0.05) is 19.0 Å². The number of amides is 2. The first-order valence-corrected chi connectivity index (χ1v) is 9.99. The van der Waals surface area contributed by atoms with Gasteiger partial charge in [-0.15, -0.1) is 0 Å². The maximum Gasteiger partial charge on any atom is 0.416 e. The number of alkyl carbamates (subject to hydrolysis) is 1. The van der Waals surface area contributed by atoms with E-state index in [-0.39, 0.29) is 34.8 Å². The van der Waals surface area contributed by atoms with Crippen LogP contribution in [0.4, 0.5) is 18.0 Å². The van der Waals surface area contributed by atoms with Crippen LogP contribution in [0.25, 0.3) is 0 Å². The van der Waals surface area contributed by atoms with Crippen molar-refractivity contribution in [1.29, 1.82) is 0 Å². The molecule has 1 aliphatic carbocycles. The lowest BCUT2D eigenvalue weighted by atomic mass is 9.68. The van der Waals surface area contributed by atoms with E-state index < -0.39 is 17.8 Å². The SMILES string of the molecule is Cc1cc([C@@H]2CCN(C(=O)C3CC4(COC(=O)N4)C3)C[C@@H]2C)ccc1C(F)(F)F. The van der Waals surface area contributed by atoms with Crippen molar-refractivity contribution in [3.63, 3.8) is 0 Å². The molecule has 1 spiro atoms. The third-order valence-corrected chi connectivity index (χ3v) is 6.67. The zero-order valence-corrected chi connectivity index (χ0v) is 16.5. The smallest absolute Gasteiger partial charge is 0.416 e. The van der Waals surface area contributed by atoms with Crippen LogP contribution < -0.4 is 5.32 Å². The van der Waals surface area contributed by atoms with Crippen LogP contribution in [0.2, 0.25) is 0 Å². The van der Waals surface area contributed by atoms with Crippen LogP contribution in [0.1, 0.15) is 48.8 Å². The Bertz CT molecular complexity index is 833. The molecule has 1 aromatic carbocycles. The first kappa shape index (κ1) is 20.0. The van der Waals surface area contributed by atoms with Gasteiger partial charge in [-0.25, -0.2) is 4.79 Å². The number of hydrogen-bond donors (Lipinski definition) is 1. The predicted octanol–water partition coefficient (Wildman–Crippen LogP) is 3.85. The molecule has 2 heterocycles. The highest BCUT2D eigenvalue weighted by Gasteiger charge is 2.53. The standard InChI is InChI=1S/C21H25F3N2O3/c1-12-7-14(3-4-17(12)21(22,23)24)16-5-6-26(10-13(16)2)18(27)15-8-20(9-15)11-29-19(28)25-20/h3-4,7,13,15-16H,5-6,8-11H2,1-2H3,(H,25,28)/t13-,15?,16+,20?/m0/s1. The molecule has 0 radical (unpaired) electrons. The number of ether oxygens (including phenoxy) is 1. The third kappa shape index (κ3) is 3.69. The third-order valence-electron chi connectivity index (χ3n) is 6.67. The van der Waals surface area contributed by atoms with E-state index in [9.17, 15) is 22.8 Å². The highest BCUT2D eigenvalue weighted by molar-refractivity contribution is 5.81. The van der Waals surface area contributed by atoms with Gasteiger partial charge in [0.1, 0.15) is 6.61 Å². The number of hydrogen-bond acceptors (Lipinski definition) is 3. The molecule has 2 amide bonds. The van der Waals surface area contributed by atoms with E-state index in [2.05, 4.69) is 5.32 Å². The molecule has 4 rings (SSSR count). The summed E-state index contributed by atoms with van der Waals surface area (Å²) in [5.74, 6) is 0.294. The van der Waals surface area contributed by atoms with Gasteiger partial charge in [-0.05, 0) is 55.2 Å². The van der Waals surface area contributed by atoms with Gasteiger partial charge >= 0.3 is 12.3 Å². The number of carbonyl (C=O) groups excluding carboxylic acids is 2. The number of nitrogens with one attached hydrogen (secondary N) is 1. The number of rotatable bonds is 2. The van der Waals surface area contributed by atoms with E-state index in [0.717, 1.165) is 12.0 Å². The number of carbonyl (C=O) groups is 2. The van der Waals surface area contributed by atoms with Crippen LogP contribution in [0, 0.1) is 18.8 Å². The first-order valence-electron chi connectivity index (χ1n) is 9.99. The Morgan fingerprint density at radius 1 is 1.31 bits per heavy atom. The highest BCUT2D eigenvalue weighted by Crippen LogP contribution is 2.43. The maximum atomic E-state index is 13.0. The summed E-state index contributed by atoms with van der Waals surface area (Å²) in [6, 6.07) is 4.38. The largest absolute Gasteiger partial charge is 0.447 e. The lowest BCUT2D eigenvalue weighted by molar-refractivity contribution is -0.143. The van der Waals surface area contributed by atoms with Crippen molar-refractivity contribution < 1.29 is 27.5 Å². The van der Waals surface area contributed by atoms with Crippen molar-refractivity contribution in [3.8, 4) is 0 Å². The second-order valence-corrected chi connectivity index (χ2v) is 8.82. The van der Waals surface area contributed by atoms with Crippen molar-refractivity contribution in [3.05, 3.63) is 34.9 Å². The molecule has 2 aliphatic heterocycles. The lowest BCUT2D eigenvalue weighted by Crippen LogP contribution is -2.59. The summed E-state index contributed by atoms with van der Waals surface area (Å²) in [6.07, 6.45) is -2.82. The Balaban J connectivity index is 1.37. The van der Waals surface area contributed by atoms with Crippen LogP contribution in [-0.4, -0.2) is 42.1 Å². The summed E-state index contributed by atoms with van der Waals surface area (Å²) in [5.41, 5.74) is 0.173. The number of aryl methyl sites for hydroxylation is 1. The number of halogens is 3. The molecule has 158 valence electrons. The highest BCUT2D eigenvalue weighted by atomic mass is 19.4. The molecule has 2 saturated heterocycles.